The summed E-state index contributed by atoms with van der Waals surface area (Å²) in [4.78, 5) is 19.3. The third kappa shape index (κ3) is 6.27. The number of thiazole rings is 1. The molecule has 2 heterocycles. The predicted octanol–water partition coefficient (Wildman–Crippen LogP) is 2.88. The van der Waals surface area contributed by atoms with Crippen LogP contribution in [0.25, 0.3) is 0 Å². The number of nitrogens with one attached hydrogen (secondary N) is 1. The first-order valence-electron chi connectivity index (χ1n) is 9.82. The molecular formula is C19H35N3O3SSi. The first-order valence-corrected chi connectivity index (χ1v) is 13.5. The van der Waals surface area contributed by atoms with E-state index in [-0.39, 0.29) is 29.6 Å². The van der Waals surface area contributed by atoms with Crippen LogP contribution in [0.2, 0.25) is 13.1 Å². The summed E-state index contributed by atoms with van der Waals surface area (Å²) >= 11 is 1.45. The SMILES string of the molecule is CC(C)C[C@H](NC(=O)c1csc(N2CC(O)C2)n1)C(O[SiH](C)C)C(C)(C)C. The molecule has 1 aliphatic rings. The van der Waals surface area contributed by atoms with Crippen molar-refractivity contribution in [3.8, 4) is 0 Å². The van der Waals surface area contributed by atoms with Crippen molar-refractivity contribution in [2.75, 3.05) is 18.0 Å². The van der Waals surface area contributed by atoms with Gasteiger partial charge in [-0.3, -0.25) is 4.79 Å². The third-order valence-electron chi connectivity index (χ3n) is 4.54. The molecule has 1 fully saturated rings. The van der Waals surface area contributed by atoms with E-state index in [1.165, 1.54) is 11.3 Å². The Morgan fingerprint density at radius 1 is 1.44 bits per heavy atom. The van der Waals surface area contributed by atoms with Crippen LogP contribution in [0.3, 0.4) is 0 Å². The summed E-state index contributed by atoms with van der Waals surface area (Å²) in [6, 6.07) is -0.0524. The van der Waals surface area contributed by atoms with E-state index in [4.69, 9.17) is 4.43 Å². The van der Waals surface area contributed by atoms with Crippen LogP contribution >= 0.6 is 11.3 Å². The monoisotopic (exact) mass is 413 g/mol. The quantitative estimate of drug-likeness (QED) is 0.641. The van der Waals surface area contributed by atoms with Crippen LogP contribution in [-0.2, 0) is 4.43 Å². The van der Waals surface area contributed by atoms with Crippen molar-refractivity contribution in [2.24, 2.45) is 11.3 Å². The van der Waals surface area contributed by atoms with E-state index in [1.54, 1.807) is 5.38 Å². The van der Waals surface area contributed by atoms with E-state index < -0.39 is 9.04 Å². The fourth-order valence-electron chi connectivity index (χ4n) is 3.33. The Labute approximate surface area is 169 Å². The summed E-state index contributed by atoms with van der Waals surface area (Å²) in [6.45, 7) is 16.4. The molecular weight excluding hydrogens is 378 g/mol. The minimum atomic E-state index is -1.26. The molecule has 0 aliphatic carbocycles. The van der Waals surface area contributed by atoms with Crippen LogP contribution in [0.4, 0.5) is 5.13 Å². The van der Waals surface area contributed by atoms with E-state index in [2.05, 4.69) is 58.0 Å². The molecule has 2 atom stereocenters. The molecule has 1 aromatic rings. The van der Waals surface area contributed by atoms with Crippen molar-refractivity contribution in [3.63, 3.8) is 0 Å². The zero-order valence-electron chi connectivity index (χ0n) is 17.7. The molecule has 154 valence electrons. The summed E-state index contributed by atoms with van der Waals surface area (Å²) < 4.78 is 6.37. The summed E-state index contributed by atoms with van der Waals surface area (Å²) in [5.74, 6) is 0.304. The Morgan fingerprint density at radius 2 is 2.07 bits per heavy atom. The number of hydrogen-bond donors (Lipinski definition) is 2. The maximum Gasteiger partial charge on any atom is 0.271 e. The van der Waals surface area contributed by atoms with Crippen LogP contribution < -0.4 is 10.2 Å². The molecule has 0 spiro atoms. The number of amides is 1. The summed E-state index contributed by atoms with van der Waals surface area (Å²) in [6.07, 6.45) is 0.551. The zero-order valence-corrected chi connectivity index (χ0v) is 19.6. The number of rotatable bonds is 8. The van der Waals surface area contributed by atoms with E-state index in [1.807, 2.05) is 4.90 Å². The molecule has 6 nitrogen and oxygen atoms in total. The lowest BCUT2D eigenvalue weighted by Gasteiger charge is -2.39. The lowest BCUT2D eigenvalue weighted by molar-refractivity contribution is 0.0402. The highest BCUT2D eigenvalue weighted by molar-refractivity contribution is 7.14. The van der Waals surface area contributed by atoms with Gasteiger partial charge in [0.25, 0.3) is 5.91 Å². The average Bonchev–Trinajstić information content (AvgIpc) is 2.96. The van der Waals surface area contributed by atoms with Crippen LogP contribution in [-0.4, -0.2) is 56.4 Å². The molecule has 1 aliphatic heterocycles. The van der Waals surface area contributed by atoms with Gasteiger partial charge >= 0.3 is 0 Å². The smallest absolute Gasteiger partial charge is 0.271 e. The van der Waals surface area contributed by atoms with Crippen molar-refractivity contribution in [3.05, 3.63) is 11.1 Å². The Kier molecular flexibility index (Phi) is 7.46. The lowest BCUT2D eigenvalue weighted by Crippen LogP contribution is -2.52. The molecule has 27 heavy (non-hydrogen) atoms. The van der Waals surface area contributed by atoms with Gasteiger partial charge in [-0.15, -0.1) is 11.3 Å². The number of nitrogens with zero attached hydrogens (tertiary/aromatic N) is 2. The van der Waals surface area contributed by atoms with Crippen LogP contribution in [0.5, 0.6) is 0 Å². The zero-order chi connectivity index (χ0) is 20.4. The van der Waals surface area contributed by atoms with Crippen LogP contribution in [0, 0.1) is 11.3 Å². The molecule has 1 saturated heterocycles. The Hall–Kier alpha value is -0.963. The maximum atomic E-state index is 12.9. The highest BCUT2D eigenvalue weighted by Crippen LogP contribution is 2.29. The van der Waals surface area contributed by atoms with Gasteiger partial charge in [0, 0.05) is 18.5 Å². The number of aromatic nitrogens is 1. The summed E-state index contributed by atoms with van der Waals surface area (Å²) in [5, 5.41) is 15.3. The van der Waals surface area contributed by atoms with Gasteiger partial charge in [-0.1, -0.05) is 34.6 Å². The van der Waals surface area contributed by atoms with E-state index >= 15 is 0 Å². The molecule has 8 heteroatoms. The number of aliphatic hydroxyl groups excluding tert-OH is 1. The molecule has 0 aromatic carbocycles. The molecule has 0 saturated carbocycles. The van der Waals surface area contributed by atoms with E-state index in [0.29, 0.717) is 24.7 Å². The van der Waals surface area contributed by atoms with Crippen molar-refractivity contribution in [1.82, 2.24) is 10.3 Å². The molecule has 2 N–H and O–H groups in total. The molecule has 0 bridgehead atoms. The largest absolute Gasteiger partial charge is 0.415 e. The van der Waals surface area contributed by atoms with Crippen molar-refractivity contribution >= 4 is 31.4 Å². The fourth-order valence-corrected chi connectivity index (χ4v) is 5.34. The van der Waals surface area contributed by atoms with Crippen LogP contribution in [0.1, 0.15) is 51.5 Å². The fraction of sp³-hybridized carbons (Fsp3) is 0.789. The number of hydrogen-bond acceptors (Lipinski definition) is 6. The highest BCUT2D eigenvalue weighted by Gasteiger charge is 2.35. The molecule has 2 rings (SSSR count). The normalized spacial score (nSPS) is 17.9. The average molecular weight is 414 g/mol. The Balaban J connectivity index is 2.13. The van der Waals surface area contributed by atoms with Gasteiger partial charge in [-0.05, 0) is 30.8 Å². The van der Waals surface area contributed by atoms with E-state index in [9.17, 15) is 9.90 Å². The first kappa shape index (κ1) is 22.3. The Bertz CT molecular complexity index is 624. The minimum Gasteiger partial charge on any atom is -0.415 e. The predicted molar refractivity (Wildman–Crippen MR) is 114 cm³/mol. The molecule has 1 amide bonds. The van der Waals surface area contributed by atoms with Gasteiger partial charge in [-0.25, -0.2) is 4.98 Å². The summed E-state index contributed by atoms with van der Waals surface area (Å²) in [7, 11) is -1.26. The Morgan fingerprint density at radius 3 is 2.56 bits per heavy atom. The van der Waals surface area contributed by atoms with Gasteiger partial charge in [0.05, 0.1) is 18.2 Å². The molecule has 1 aromatic heterocycles. The van der Waals surface area contributed by atoms with Gasteiger partial charge in [0.1, 0.15) is 5.69 Å². The molecule has 0 radical (unpaired) electrons. The number of aliphatic hydroxyl groups is 1. The summed E-state index contributed by atoms with van der Waals surface area (Å²) in [5.41, 5.74) is 0.380. The molecule has 1 unspecified atom stereocenters. The second-order valence-electron chi connectivity index (χ2n) is 9.26. The second kappa shape index (κ2) is 9.02. The minimum absolute atomic E-state index is 0.0286. The van der Waals surface area contributed by atoms with Gasteiger partial charge in [0.15, 0.2) is 14.2 Å². The topological polar surface area (TPSA) is 74.7 Å². The second-order valence-corrected chi connectivity index (χ2v) is 12.5. The number of carbonyl (C=O) groups is 1. The van der Waals surface area contributed by atoms with Crippen molar-refractivity contribution in [1.29, 1.82) is 0 Å². The standard InChI is InChI=1S/C19H35N3O3SSi/c1-12(2)8-14(16(19(3,4)5)25-27(6)7)20-17(24)15-11-26-18(21-15)22-9-13(23)10-22/h11-14,16,23,27H,8-10H2,1-7H3,(H,20,24)/t14-,16?/m0/s1. The van der Waals surface area contributed by atoms with Gasteiger partial charge in [-0.2, -0.15) is 0 Å². The number of carbonyl (C=O) groups excluding carboxylic acids is 1. The van der Waals surface area contributed by atoms with E-state index in [0.717, 1.165) is 11.6 Å². The lowest BCUT2D eigenvalue weighted by atomic mass is 9.82. The van der Waals surface area contributed by atoms with Crippen molar-refractivity contribution < 1.29 is 14.3 Å². The van der Waals surface area contributed by atoms with Crippen molar-refractivity contribution in [2.45, 2.75) is 72.4 Å². The number of anilines is 1. The van der Waals surface area contributed by atoms with Gasteiger partial charge in [0.2, 0.25) is 0 Å². The third-order valence-corrected chi connectivity index (χ3v) is 6.28. The highest BCUT2D eigenvalue weighted by atomic mass is 32.1. The van der Waals surface area contributed by atoms with Crippen LogP contribution in [0.15, 0.2) is 5.38 Å². The number of β-amino-alcohol motifs (C(OH)–C–C–N with tert-alkyl or cyclic N) is 1. The van der Waals surface area contributed by atoms with Gasteiger partial charge < -0.3 is 19.7 Å². The maximum absolute atomic E-state index is 12.9. The first-order chi connectivity index (χ1) is 12.5.